The number of aryl methyl sites for hydroxylation is 1. The van der Waals surface area contributed by atoms with Crippen molar-refractivity contribution in [3.05, 3.63) is 29.3 Å². The largest absolute Gasteiger partial charge is 0.496 e. The number of ether oxygens (including phenoxy) is 3. The molecule has 1 rings (SSSR count). The number of methoxy groups -OCH3 is 1. The van der Waals surface area contributed by atoms with Gasteiger partial charge in [-0.15, -0.1) is 0 Å². The second kappa shape index (κ2) is 8.95. The first kappa shape index (κ1) is 17.0. The van der Waals surface area contributed by atoms with Gasteiger partial charge in [0.25, 0.3) is 0 Å². The highest BCUT2D eigenvalue weighted by atomic mass is 16.7. The molecule has 0 radical (unpaired) electrons. The molecule has 1 aromatic rings. The van der Waals surface area contributed by atoms with Crippen molar-refractivity contribution in [2.24, 2.45) is 0 Å². The van der Waals surface area contributed by atoms with Crippen LogP contribution < -0.4 is 10.1 Å². The predicted octanol–water partition coefficient (Wildman–Crippen LogP) is 3.05. The second-order valence-corrected chi connectivity index (χ2v) is 4.56. The first-order valence-corrected chi connectivity index (χ1v) is 7.28. The van der Waals surface area contributed by atoms with Crippen LogP contribution in [0.2, 0.25) is 0 Å². The second-order valence-electron chi connectivity index (χ2n) is 4.56. The Morgan fingerprint density at radius 2 is 1.75 bits per heavy atom. The maximum atomic E-state index is 5.75. The number of hydrogen-bond donors (Lipinski definition) is 1. The van der Waals surface area contributed by atoms with Crippen molar-refractivity contribution in [2.45, 2.75) is 40.0 Å². The summed E-state index contributed by atoms with van der Waals surface area (Å²) in [7, 11) is 1.69. The summed E-state index contributed by atoms with van der Waals surface area (Å²) < 4.78 is 17.0. The molecule has 20 heavy (non-hydrogen) atoms. The third-order valence-corrected chi connectivity index (χ3v) is 3.08. The lowest BCUT2D eigenvalue weighted by Crippen LogP contribution is -2.36. The normalized spacial score (nSPS) is 12.7. The Morgan fingerprint density at radius 1 is 1.10 bits per heavy atom. The van der Waals surface area contributed by atoms with Crippen molar-refractivity contribution in [1.82, 2.24) is 5.32 Å². The summed E-state index contributed by atoms with van der Waals surface area (Å²) in [6.45, 7) is 10.2. The Hall–Kier alpha value is -1.10. The fourth-order valence-electron chi connectivity index (χ4n) is 2.24. The molecular formula is C16H27NO3. The van der Waals surface area contributed by atoms with Crippen LogP contribution in [0.15, 0.2) is 18.2 Å². The van der Waals surface area contributed by atoms with Crippen molar-refractivity contribution >= 4 is 0 Å². The summed E-state index contributed by atoms with van der Waals surface area (Å²) in [6.07, 6.45) is -0.319. The van der Waals surface area contributed by atoms with Gasteiger partial charge in [-0.1, -0.05) is 24.6 Å². The minimum atomic E-state index is -0.319. The van der Waals surface area contributed by atoms with Gasteiger partial charge < -0.3 is 19.5 Å². The van der Waals surface area contributed by atoms with Crippen LogP contribution in [0.3, 0.4) is 0 Å². The molecule has 0 aromatic heterocycles. The molecule has 0 amide bonds. The lowest BCUT2D eigenvalue weighted by atomic mass is 10.0. The molecule has 4 nitrogen and oxygen atoms in total. The molecule has 0 saturated carbocycles. The quantitative estimate of drug-likeness (QED) is 0.706. The van der Waals surface area contributed by atoms with E-state index in [1.807, 2.05) is 26.0 Å². The third-order valence-electron chi connectivity index (χ3n) is 3.08. The first-order valence-electron chi connectivity index (χ1n) is 7.28. The zero-order chi connectivity index (χ0) is 15.0. The Kier molecular flexibility index (Phi) is 7.59. The van der Waals surface area contributed by atoms with E-state index in [4.69, 9.17) is 14.2 Å². The van der Waals surface area contributed by atoms with E-state index >= 15 is 0 Å². The lowest BCUT2D eigenvalue weighted by Gasteiger charge is -2.29. The fourth-order valence-corrected chi connectivity index (χ4v) is 2.24. The van der Waals surface area contributed by atoms with Crippen LogP contribution in [0.5, 0.6) is 5.75 Å². The van der Waals surface area contributed by atoms with Crippen LogP contribution in [-0.2, 0) is 9.47 Å². The summed E-state index contributed by atoms with van der Waals surface area (Å²) in [5.74, 6) is 0.853. The molecule has 0 heterocycles. The van der Waals surface area contributed by atoms with Gasteiger partial charge in [0.15, 0.2) is 6.29 Å². The smallest absolute Gasteiger partial charge is 0.176 e. The lowest BCUT2D eigenvalue weighted by molar-refractivity contribution is -0.155. The first-order chi connectivity index (χ1) is 9.67. The monoisotopic (exact) mass is 281 g/mol. The predicted molar refractivity (Wildman–Crippen MR) is 81.2 cm³/mol. The molecule has 1 N–H and O–H groups in total. The number of likely N-dealkylation sites (N-methyl/N-ethyl adjacent to an activating group) is 1. The maximum absolute atomic E-state index is 5.75. The summed E-state index contributed by atoms with van der Waals surface area (Å²) in [5, 5.41) is 3.44. The van der Waals surface area contributed by atoms with E-state index in [2.05, 4.69) is 25.2 Å². The molecule has 1 aromatic carbocycles. The van der Waals surface area contributed by atoms with Crippen molar-refractivity contribution < 1.29 is 14.2 Å². The van der Waals surface area contributed by atoms with Gasteiger partial charge in [-0.25, -0.2) is 0 Å². The average Bonchev–Trinajstić information content (AvgIpc) is 2.44. The summed E-state index contributed by atoms with van der Waals surface area (Å²) in [5.41, 5.74) is 2.26. The van der Waals surface area contributed by atoms with Gasteiger partial charge in [0.05, 0.1) is 13.2 Å². The Balaban J connectivity index is 3.12. The Bertz CT molecular complexity index is 389. The van der Waals surface area contributed by atoms with Crippen molar-refractivity contribution in [2.75, 3.05) is 26.9 Å². The molecule has 0 fully saturated rings. The third kappa shape index (κ3) is 4.47. The van der Waals surface area contributed by atoms with Crippen molar-refractivity contribution in [1.29, 1.82) is 0 Å². The molecule has 1 atom stereocenters. The van der Waals surface area contributed by atoms with E-state index in [9.17, 15) is 0 Å². The minimum Gasteiger partial charge on any atom is -0.496 e. The molecule has 1 unspecified atom stereocenters. The molecule has 114 valence electrons. The summed E-state index contributed by atoms with van der Waals surface area (Å²) in [6, 6.07) is 6.11. The Labute approximate surface area is 122 Å². The molecule has 0 bridgehead atoms. The van der Waals surface area contributed by atoms with Crippen LogP contribution in [0, 0.1) is 6.92 Å². The summed E-state index contributed by atoms with van der Waals surface area (Å²) >= 11 is 0. The van der Waals surface area contributed by atoms with E-state index in [1.165, 1.54) is 5.56 Å². The van der Waals surface area contributed by atoms with E-state index in [-0.39, 0.29) is 12.3 Å². The topological polar surface area (TPSA) is 39.7 Å². The molecule has 0 aliphatic rings. The fraction of sp³-hybridized carbons (Fsp3) is 0.625. The van der Waals surface area contributed by atoms with E-state index < -0.39 is 0 Å². The molecule has 4 heteroatoms. The highest BCUT2D eigenvalue weighted by Crippen LogP contribution is 2.30. The highest BCUT2D eigenvalue weighted by Gasteiger charge is 2.26. The van der Waals surface area contributed by atoms with E-state index in [0.29, 0.717) is 13.2 Å². The van der Waals surface area contributed by atoms with Gasteiger partial charge in [-0.2, -0.15) is 0 Å². The van der Waals surface area contributed by atoms with Gasteiger partial charge in [-0.05, 0) is 33.4 Å². The minimum absolute atomic E-state index is 0.0465. The highest BCUT2D eigenvalue weighted by molar-refractivity contribution is 5.39. The zero-order valence-corrected chi connectivity index (χ0v) is 13.2. The molecule has 0 aliphatic carbocycles. The van der Waals surface area contributed by atoms with Crippen molar-refractivity contribution in [3.63, 3.8) is 0 Å². The van der Waals surface area contributed by atoms with E-state index in [1.54, 1.807) is 7.11 Å². The van der Waals surface area contributed by atoms with Crippen molar-refractivity contribution in [3.8, 4) is 5.75 Å². The van der Waals surface area contributed by atoms with Crippen LogP contribution in [-0.4, -0.2) is 33.2 Å². The van der Waals surface area contributed by atoms with Crippen LogP contribution in [0.1, 0.15) is 37.9 Å². The van der Waals surface area contributed by atoms with E-state index in [0.717, 1.165) is 17.9 Å². The molecule has 0 saturated heterocycles. The number of hydrogen-bond acceptors (Lipinski definition) is 4. The molecule has 0 aliphatic heterocycles. The Morgan fingerprint density at radius 3 is 2.25 bits per heavy atom. The van der Waals surface area contributed by atoms with Gasteiger partial charge in [0.1, 0.15) is 5.75 Å². The number of benzene rings is 1. The summed E-state index contributed by atoms with van der Waals surface area (Å²) in [4.78, 5) is 0. The molecular weight excluding hydrogens is 254 g/mol. The number of rotatable bonds is 9. The van der Waals surface area contributed by atoms with Crippen LogP contribution in [0.4, 0.5) is 0 Å². The van der Waals surface area contributed by atoms with Crippen LogP contribution in [0.25, 0.3) is 0 Å². The van der Waals surface area contributed by atoms with Gasteiger partial charge in [-0.3, -0.25) is 0 Å². The average molecular weight is 281 g/mol. The van der Waals surface area contributed by atoms with Gasteiger partial charge in [0, 0.05) is 18.8 Å². The SMILES string of the molecule is CCNC(c1cc(C)ccc1OC)C(OCC)OCC. The van der Waals surface area contributed by atoms with Crippen LogP contribution >= 0.6 is 0 Å². The maximum Gasteiger partial charge on any atom is 0.176 e. The standard InChI is InChI=1S/C16H27NO3/c1-6-17-15(16(19-7-2)20-8-3)13-11-12(4)9-10-14(13)18-5/h9-11,15-17H,6-8H2,1-5H3. The number of nitrogens with one attached hydrogen (secondary N) is 1. The zero-order valence-electron chi connectivity index (χ0n) is 13.2. The molecule has 0 spiro atoms. The van der Waals surface area contributed by atoms with Gasteiger partial charge in [0.2, 0.25) is 0 Å². The van der Waals surface area contributed by atoms with Gasteiger partial charge >= 0.3 is 0 Å².